The van der Waals surface area contributed by atoms with Crippen LogP contribution in [0.15, 0.2) is 0 Å². The van der Waals surface area contributed by atoms with Gasteiger partial charge in [-0.2, -0.15) is 0 Å². The Morgan fingerprint density at radius 3 is 2.16 bits per heavy atom. The summed E-state index contributed by atoms with van der Waals surface area (Å²) >= 11 is 0. The van der Waals surface area contributed by atoms with E-state index in [1.807, 2.05) is 4.90 Å². The Labute approximate surface area is 154 Å². The summed E-state index contributed by atoms with van der Waals surface area (Å²) in [6.45, 7) is 14.4. The Morgan fingerprint density at radius 2 is 1.60 bits per heavy atom. The van der Waals surface area contributed by atoms with Crippen LogP contribution < -0.4 is 0 Å². The Hall–Kier alpha value is -0.650. The van der Waals surface area contributed by atoms with Gasteiger partial charge in [0, 0.05) is 32.2 Å². The third kappa shape index (κ3) is 6.87. The molecule has 0 saturated carbocycles. The van der Waals surface area contributed by atoms with Gasteiger partial charge in [0.05, 0.1) is 19.3 Å². The topological polar surface area (TPSA) is 42.0 Å². The Morgan fingerprint density at radius 1 is 0.960 bits per heavy atom. The zero-order valence-corrected chi connectivity index (χ0v) is 16.7. The maximum Gasteiger partial charge on any atom is 0.248 e. The van der Waals surface area contributed by atoms with E-state index in [-0.39, 0.29) is 12.5 Å². The fourth-order valence-electron chi connectivity index (χ4n) is 3.90. The van der Waals surface area contributed by atoms with Crippen molar-refractivity contribution in [1.82, 2.24) is 9.80 Å². The summed E-state index contributed by atoms with van der Waals surface area (Å²) in [4.78, 5) is 16.7. The van der Waals surface area contributed by atoms with Crippen LogP contribution in [0, 0.1) is 11.8 Å². The van der Waals surface area contributed by atoms with E-state index in [0.29, 0.717) is 25.4 Å². The van der Waals surface area contributed by atoms with Crippen LogP contribution in [0.1, 0.15) is 53.4 Å². The molecule has 0 atom stereocenters. The number of amides is 1. The van der Waals surface area contributed by atoms with E-state index in [0.717, 1.165) is 63.7 Å². The van der Waals surface area contributed by atoms with Crippen LogP contribution in [0.3, 0.4) is 0 Å². The summed E-state index contributed by atoms with van der Waals surface area (Å²) < 4.78 is 11.4. The summed E-state index contributed by atoms with van der Waals surface area (Å²) in [7, 11) is 0. The first kappa shape index (κ1) is 20.7. The zero-order valence-electron chi connectivity index (χ0n) is 16.7. The van der Waals surface area contributed by atoms with Gasteiger partial charge < -0.3 is 19.3 Å². The largest absolute Gasteiger partial charge is 0.376 e. The maximum absolute atomic E-state index is 12.2. The van der Waals surface area contributed by atoms with Crippen molar-refractivity contribution in [2.75, 3.05) is 46.0 Å². The van der Waals surface area contributed by atoms with Crippen LogP contribution in [0.5, 0.6) is 0 Å². The van der Waals surface area contributed by atoms with E-state index >= 15 is 0 Å². The first-order chi connectivity index (χ1) is 12.0. The molecule has 0 spiro atoms. The average Bonchev–Trinajstić information content (AvgIpc) is 2.61. The Kier molecular flexibility index (Phi) is 8.67. The van der Waals surface area contributed by atoms with E-state index in [9.17, 15) is 4.79 Å². The molecule has 2 aliphatic rings. The third-order valence-corrected chi connectivity index (χ3v) is 5.85. The van der Waals surface area contributed by atoms with Gasteiger partial charge in [0.25, 0.3) is 0 Å². The molecular weight excluding hydrogens is 316 g/mol. The lowest BCUT2D eigenvalue weighted by atomic mass is 9.87. The highest BCUT2D eigenvalue weighted by Crippen LogP contribution is 2.24. The van der Waals surface area contributed by atoms with Crippen LogP contribution in [0.2, 0.25) is 0 Å². The monoisotopic (exact) mass is 354 g/mol. The number of hydrogen-bond donors (Lipinski definition) is 0. The minimum absolute atomic E-state index is 0.132. The van der Waals surface area contributed by atoms with Crippen LogP contribution in [-0.2, 0) is 14.3 Å². The van der Waals surface area contributed by atoms with Crippen LogP contribution >= 0.6 is 0 Å². The molecule has 0 bridgehead atoms. The highest BCUT2D eigenvalue weighted by atomic mass is 16.5. The number of carbonyl (C=O) groups excluding carboxylic acids is 1. The van der Waals surface area contributed by atoms with Crippen molar-refractivity contribution in [2.45, 2.75) is 65.5 Å². The summed E-state index contributed by atoms with van der Waals surface area (Å²) in [5.74, 6) is 1.62. The van der Waals surface area contributed by atoms with Gasteiger partial charge in [0.2, 0.25) is 5.91 Å². The van der Waals surface area contributed by atoms with Crippen molar-refractivity contribution >= 4 is 5.91 Å². The van der Waals surface area contributed by atoms with Gasteiger partial charge in [-0.1, -0.05) is 13.8 Å². The standard InChI is InChI=1S/C20H38N2O3/c1-16(2)18-5-9-22(10-6-18)20(23)15-24-13-14-25-19-7-11-21(12-8-19)17(3)4/h16-19H,5-15H2,1-4H3. The minimum atomic E-state index is 0.132. The third-order valence-electron chi connectivity index (χ3n) is 5.85. The lowest BCUT2D eigenvalue weighted by molar-refractivity contribution is -0.138. The average molecular weight is 355 g/mol. The van der Waals surface area contributed by atoms with Gasteiger partial charge in [0.15, 0.2) is 0 Å². The predicted octanol–water partition coefficient (Wildman–Crippen LogP) is 2.79. The fraction of sp³-hybridized carbons (Fsp3) is 0.950. The summed E-state index contributed by atoms with van der Waals surface area (Å²) in [6.07, 6.45) is 4.80. The molecule has 2 fully saturated rings. The predicted molar refractivity (Wildman–Crippen MR) is 101 cm³/mol. The van der Waals surface area contributed by atoms with Gasteiger partial charge in [-0.3, -0.25) is 4.79 Å². The molecule has 0 N–H and O–H groups in total. The van der Waals surface area contributed by atoms with Gasteiger partial charge in [-0.15, -0.1) is 0 Å². The van der Waals surface area contributed by atoms with Gasteiger partial charge in [0.1, 0.15) is 6.61 Å². The van der Waals surface area contributed by atoms with E-state index in [4.69, 9.17) is 9.47 Å². The van der Waals surface area contributed by atoms with Crippen molar-refractivity contribution in [1.29, 1.82) is 0 Å². The van der Waals surface area contributed by atoms with E-state index in [1.54, 1.807) is 0 Å². The number of likely N-dealkylation sites (tertiary alicyclic amines) is 2. The SMILES string of the molecule is CC(C)C1CCN(C(=O)COCCOC2CCN(C(C)C)CC2)CC1. The lowest BCUT2D eigenvalue weighted by Crippen LogP contribution is -2.42. The molecule has 1 amide bonds. The lowest BCUT2D eigenvalue weighted by Gasteiger charge is -2.34. The van der Waals surface area contributed by atoms with Gasteiger partial charge >= 0.3 is 0 Å². The number of ether oxygens (including phenoxy) is 2. The molecule has 0 unspecified atom stereocenters. The molecule has 0 aromatic carbocycles. The second-order valence-corrected chi connectivity index (χ2v) is 8.21. The molecule has 0 aromatic heterocycles. The smallest absolute Gasteiger partial charge is 0.248 e. The Bertz CT molecular complexity index is 384. The normalized spacial score (nSPS) is 21.4. The first-order valence-electron chi connectivity index (χ1n) is 10.2. The molecule has 5 heteroatoms. The quantitative estimate of drug-likeness (QED) is 0.629. The van der Waals surface area contributed by atoms with Gasteiger partial charge in [-0.05, 0) is 51.4 Å². The van der Waals surface area contributed by atoms with E-state index in [1.165, 1.54) is 0 Å². The molecule has 2 rings (SSSR count). The van der Waals surface area contributed by atoms with Crippen molar-refractivity contribution in [3.63, 3.8) is 0 Å². The van der Waals surface area contributed by atoms with Crippen molar-refractivity contribution in [2.24, 2.45) is 11.8 Å². The molecule has 2 aliphatic heterocycles. The molecule has 0 aliphatic carbocycles. The Balaban J connectivity index is 1.50. The molecule has 2 saturated heterocycles. The molecule has 0 aromatic rings. The molecule has 2 heterocycles. The summed E-state index contributed by atoms with van der Waals surface area (Å²) in [6, 6.07) is 0.626. The number of piperidine rings is 2. The second kappa shape index (κ2) is 10.5. The minimum Gasteiger partial charge on any atom is -0.376 e. The van der Waals surface area contributed by atoms with Crippen LogP contribution in [-0.4, -0.2) is 73.9 Å². The summed E-state index contributed by atoms with van der Waals surface area (Å²) in [5.41, 5.74) is 0. The molecule has 25 heavy (non-hydrogen) atoms. The first-order valence-corrected chi connectivity index (χ1v) is 10.2. The summed E-state index contributed by atoms with van der Waals surface area (Å²) in [5, 5.41) is 0. The molecular formula is C20H38N2O3. The van der Waals surface area contributed by atoms with Crippen molar-refractivity contribution in [3.8, 4) is 0 Å². The number of carbonyl (C=O) groups is 1. The number of rotatable bonds is 8. The second-order valence-electron chi connectivity index (χ2n) is 8.21. The highest BCUT2D eigenvalue weighted by Gasteiger charge is 2.24. The maximum atomic E-state index is 12.2. The number of nitrogens with zero attached hydrogens (tertiary/aromatic N) is 2. The fourth-order valence-corrected chi connectivity index (χ4v) is 3.90. The zero-order chi connectivity index (χ0) is 18.2. The van der Waals surface area contributed by atoms with Crippen molar-refractivity contribution < 1.29 is 14.3 Å². The van der Waals surface area contributed by atoms with Crippen LogP contribution in [0.25, 0.3) is 0 Å². The van der Waals surface area contributed by atoms with E-state index in [2.05, 4.69) is 32.6 Å². The van der Waals surface area contributed by atoms with Gasteiger partial charge in [-0.25, -0.2) is 0 Å². The molecule has 146 valence electrons. The molecule has 0 radical (unpaired) electrons. The van der Waals surface area contributed by atoms with Crippen molar-refractivity contribution in [3.05, 3.63) is 0 Å². The van der Waals surface area contributed by atoms with E-state index < -0.39 is 0 Å². The highest BCUT2D eigenvalue weighted by molar-refractivity contribution is 5.77. The molecule has 5 nitrogen and oxygen atoms in total. The number of hydrogen-bond acceptors (Lipinski definition) is 4. The van der Waals surface area contributed by atoms with Crippen LogP contribution in [0.4, 0.5) is 0 Å².